The van der Waals surface area contributed by atoms with Crippen molar-refractivity contribution in [2.75, 3.05) is 19.7 Å². The molecular weight excluding hydrogens is 402 g/mol. The Hall–Kier alpha value is -1.44. The van der Waals surface area contributed by atoms with Crippen LogP contribution in [0.15, 0.2) is 18.3 Å². The number of methoxy groups -OCH3 is 1. The normalized spacial score (nSPS) is 22.2. The summed E-state index contributed by atoms with van der Waals surface area (Å²) >= 11 is 1.20. The molecule has 0 N–H and O–H groups in total. The predicted molar refractivity (Wildman–Crippen MR) is 119 cm³/mol. The highest BCUT2D eigenvalue weighted by Gasteiger charge is 2.43. The SMILES string of the molecule is COCO[C@@](Cc1cc(OC2CCC(C)CC2)ccn1)(C(C)=O)[C@@H](C)CSC(C)=O. The number of carbonyl (C=O) groups is 2. The monoisotopic (exact) mass is 437 g/mol. The highest BCUT2D eigenvalue weighted by molar-refractivity contribution is 8.13. The van der Waals surface area contributed by atoms with E-state index in [0.717, 1.165) is 30.2 Å². The molecule has 1 aliphatic rings. The lowest BCUT2D eigenvalue weighted by atomic mass is 9.82. The lowest BCUT2D eigenvalue weighted by molar-refractivity contribution is -0.171. The molecule has 2 atom stereocenters. The van der Waals surface area contributed by atoms with Crippen LogP contribution in [0.4, 0.5) is 0 Å². The molecule has 1 aliphatic carbocycles. The average molecular weight is 438 g/mol. The Bertz CT molecular complexity index is 705. The quantitative estimate of drug-likeness (QED) is 0.474. The second-order valence-corrected chi connectivity index (χ2v) is 9.56. The smallest absolute Gasteiger partial charge is 0.185 e. The Kier molecular flexibility index (Phi) is 9.78. The van der Waals surface area contributed by atoms with Gasteiger partial charge in [0.1, 0.15) is 18.1 Å². The van der Waals surface area contributed by atoms with Crippen LogP contribution < -0.4 is 4.74 Å². The molecule has 2 rings (SSSR count). The first-order chi connectivity index (χ1) is 14.3. The van der Waals surface area contributed by atoms with Gasteiger partial charge in [0.25, 0.3) is 0 Å². The number of Topliss-reactive ketones (excluding diaryl/α,β-unsaturated/α-hetero) is 1. The van der Waals surface area contributed by atoms with Gasteiger partial charge in [-0.2, -0.15) is 0 Å². The molecule has 0 aromatic carbocycles. The number of hydrogen-bond donors (Lipinski definition) is 0. The predicted octanol–water partition coefficient (Wildman–Crippen LogP) is 4.45. The fraction of sp³-hybridized carbons (Fsp3) is 0.696. The van der Waals surface area contributed by atoms with Crippen molar-refractivity contribution in [3.8, 4) is 5.75 Å². The van der Waals surface area contributed by atoms with Crippen molar-refractivity contribution in [2.24, 2.45) is 11.8 Å². The molecule has 1 saturated carbocycles. The zero-order valence-electron chi connectivity index (χ0n) is 18.8. The van der Waals surface area contributed by atoms with E-state index >= 15 is 0 Å². The van der Waals surface area contributed by atoms with Crippen LogP contribution >= 0.6 is 11.8 Å². The average Bonchev–Trinajstić information content (AvgIpc) is 2.71. The third-order valence-corrected chi connectivity index (χ3v) is 6.93. The van der Waals surface area contributed by atoms with Crippen LogP contribution in [-0.2, 0) is 25.5 Å². The highest BCUT2D eigenvalue weighted by atomic mass is 32.2. The van der Waals surface area contributed by atoms with Gasteiger partial charge in [-0.1, -0.05) is 25.6 Å². The summed E-state index contributed by atoms with van der Waals surface area (Å²) in [5, 5.41) is 0.0152. The minimum atomic E-state index is -1.12. The van der Waals surface area contributed by atoms with Gasteiger partial charge >= 0.3 is 0 Å². The molecule has 0 unspecified atom stereocenters. The van der Waals surface area contributed by atoms with Gasteiger partial charge in [0.05, 0.1) is 6.10 Å². The van der Waals surface area contributed by atoms with Crippen LogP contribution in [0.5, 0.6) is 5.75 Å². The molecule has 1 aromatic rings. The van der Waals surface area contributed by atoms with Crippen LogP contribution in [-0.4, -0.2) is 47.2 Å². The van der Waals surface area contributed by atoms with Gasteiger partial charge in [0, 0.05) is 50.1 Å². The first-order valence-electron chi connectivity index (χ1n) is 10.7. The van der Waals surface area contributed by atoms with Crippen molar-refractivity contribution in [1.82, 2.24) is 4.98 Å². The van der Waals surface area contributed by atoms with E-state index in [4.69, 9.17) is 14.2 Å². The standard InChI is InChI=1S/C23H35NO5S/c1-16-6-8-21(9-7-16)29-22-10-11-24-20(12-22)13-23(18(3)25,28-15-27-5)17(2)14-30-19(4)26/h10-12,16-17,21H,6-9,13-15H2,1-5H3/t16?,17-,21?,23+/m0/s1. The number of ketones is 1. The van der Waals surface area contributed by atoms with Gasteiger partial charge in [0.2, 0.25) is 0 Å². The van der Waals surface area contributed by atoms with Gasteiger partial charge in [0.15, 0.2) is 10.9 Å². The van der Waals surface area contributed by atoms with Gasteiger partial charge in [-0.25, -0.2) is 0 Å². The first-order valence-corrected chi connectivity index (χ1v) is 11.6. The highest BCUT2D eigenvalue weighted by Crippen LogP contribution is 2.32. The van der Waals surface area contributed by atoms with Crippen molar-refractivity contribution in [1.29, 1.82) is 0 Å². The fourth-order valence-corrected chi connectivity index (χ4v) is 4.67. The maximum Gasteiger partial charge on any atom is 0.185 e. The van der Waals surface area contributed by atoms with Crippen LogP contribution in [0.1, 0.15) is 59.1 Å². The summed E-state index contributed by atoms with van der Waals surface area (Å²) in [5.74, 6) is 1.71. The number of ether oxygens (including phenoxy) is 3. The third-order valence-electron chi connectivity index (χ3n) is 5.86. The van der Waals surface area contributed by atoms with Crippen molar-refractivity contribution in [3.63, 3.8) is 0 Å². The maximum atomic E-state index is 12.8. The molecular formula is C23H35NO5S. The number of thioether (sulfide) groups is 1. The zero-order chi connectivity index (χ0) is 22.1. The Morgan fingerprint density at radius 3 is 2.57 bits per heavy atom. The number of hydrogen-bond acceptors (Lipinski definition) is 7. The molecule has 0 radical (unpaired) electrons. The van der Waals surface area contributed by atoms with E-state index in [2.05, 4.69) is 11.9 Å². The Labute approximate surface area is 184 Å². The zero-order valence-corrected chi connectivity index (χ0v) is 19.6. The van der Waals surface area contributed by atoms with Gasteiger partial charge in [-0.05, 0) is 44.6 Å². The molecule has 6 nitrogen and oxygen atoms in total. The minimum Gasteiger partial charge on any atom is -0.490 e. The van der Waals surface area contributed by atoms with Crippen molar-refractivity contribution in [2.45, 2.75) is 71.5 Å². The number of pyridine rings is 1. The Morgan fingerprint density at radius 1 is 1.27 bits per heavy atom. The van der Waals surface area contributed by atoms with Crippen molar-refractivity contribution < 1.29 is 23.8 Å². The Balaban J connectivity index is 2.19. The molecule has 30 heavy (non-hydrogen) atoms. The van der Waals surface area contributed by atoms with Gasteiger partial charge < -0.3 is 14.2 Å². The van der Waals surface area contributed by atoms with Gasteiger partial charge in [-0.15, -0.1) is 0 Å². The summed E-state index contributed by atoms with van der Waals surface area (Å²) in [7, 11) is 1.53. The van der Waals surface area contributed by atoms with E-state index in [0.29, 0.717) is 12.2 Å². The lowest BCUT2D eigenvalue weighted by Gasteiger charge is -2.36. The summed E-state index contributed by atoms with van der Waals surface area (Å²) in [4.78, 5) is 28.7. The summed E-state index contributed by atoms with van der Waals surface area (Å²) in [5.41, 5.74) is -0.396. The molecule has 168 valence electrons. The van der Waals surface area contributed by atoms with Crippen LogP contribution in [0.3, 0.4) is 0 Å². The number of aromatic nitrogens is 1. The molecule has 0 saturated heterocycles. The molecule has 0 aliphatic heterocycles. The maximum absolute atomic E-state index is 12.8. The third kappa shape index (κ3) is 7.06. The topological polar surface area (TPSA) is 74.7 Å². The van der Waals surface area contributed by atoms with E-state index in [1.54, 1.807) is 6.20 Å². The summed E-state index contributed by atoms with van der Waals surface area (Å²) in [6.45, 7) is 7.25. The van der Waals surface area contributed by atoms with E-state index in [1.807, 2.05) is 19.1 Å². The number of rotatable bonds is 11. The fourth-order valence-electron chi connectivity index (χ4n) is 3.92. The molecule has 1 fully saturated rings. The van der Waals surface area contributed by atoms with E-state index in [9.17, 15) is 9.59 Å². The molecule has 7 heteroatoms. The van der Waals surface area contributed by atoms with E-state index in [1.165, 1.54) is 45.6 Å². The van der Waals surface area contributed by atoms with Crippen molar-refractivity contribution in [3.05, 3.63) is 24.0 Å². The summed E-state index contributed by atoms with van der Waals surface area (Å²) < 4.78 is 17.3. The molecule has 0 spiro atoms. The number of nitrogens with zero attached hydrogens (tertiary/aromatic N) is 1. The van der Waals surface area contributed by atoms with E-state index < -0.39 is 5.60 Å². The molecule has 1 heterocycles. The van der Waals surface area contributed by atoms with Crippen molar-refractivity contribution >= 4 is 22.7 Å². The number of carbonyl (C=O) groups excluding carboxylic acids is 2. The lowest BCUT2D eigenvalue weighted by Crippen LogP contribution is -2.50. The largest absolute Gasteiger partial charge is 0.490 e. The molecule has 0 amide bonds. The van der Waals surface area contributed by atoms with E-state index in [-0.39, 0.29) is 29.7 Å². The first kappa shape index (κ1) is 24.8. The van der Waals surface area contributed by atoms with Gasteiger partial charge in [-0.3, -0.25) is 14.6 Å². The van der Waals surface area contributed by atoms with Crippen LogP contribution in [0, 0.1) is 11.8 Å². The minimum absolute atomic E-state index is 0.00882. The molecule has 1 aromatic heterocycles. The second-order valence-electron chi connectivity index (χ2n) is 8.36. The van der Waals surface area contributed by atoms with Crippen LogP contribution in [0.2, 0.25) is 0 Å². The summed E-state index contributed by atoms with van der Waals surface area (Å²) in [6.07, 6.45) is 6.73. The van der Waals surface area contributed by atoms with Crippen LogP contribution in [0.25, 0.3) is 0 Å². The summed E-state index contributed by atoms with van der Waals surface area (Å²) in [6, 6.07) is 3.76. The second kappa shape index (κ2) is 11.8. The molecule has 0 bridgehead atoms. The Morgan fingerprint density at radius 2 is 1.97 bits per heavy atom.